The van der Waals surface area contributed by atoms with E-state index in [1.807, 2.05) is 0 Å². The summed E-state index contributed by atoms with van der Waals surface area (Å²) >= 11 is 0. The zero-order valence-electron chi connectivity index (χ0n) is 6.21. The molecular weight excluding hydrogens is 142 g/mol. The van der Waals surface area contributed by atoms with Crippen molar-refractivity contribution in [3.05, 3.63) is 0 Å². The topological polar surface area (TPSA) is 49.3 Å². The van der Waals surface area contributed by atoms with Gasteiger partial charge in [-0.05, 0) is 36.6 Å². The fourth-order valence-electron chi connectivity index (χ4n) is 2.98. The van der Waals surface area contributed by atoms with Crippen LogP contribution in [0.2, 0.25) is 0 Å². The van der Waals surface area contributed by atoms with Gasteiger partial charge in [-0.3, -0.25) is 4.79 Å². The third-order valence-corrected chi connectivity index (χ3v) is 3.74. The minimum Gasteiger partial charge on any atom is -0.480 e. The molecule has 0 amide bonds. The molecule has 3 nitrogen and oxygen atoms in total. The Bertz CT molecular complexity index is 234. The van der Waals surface area contributed by atoms with Gasteiger partial charge in [0.05, 0.1) is 0 Å². The lowest BCUT2D eigenvalue weighted by Gasteiger charge is -2.09. The fraction of sp³-hybridized carbons (Fsp3) is 0.875. The first-order valence-electron chi connectivity index (χ1n) is 4.22. The van der Waals surface area contributed by atoms with Gasteiger partial charge in [0.2, 0.25) is 0 Å². The molecule has 2 saturated carbocycles. The van der Waals surface area contributed by atoms with Crippen molar-refractivity contribution in [2.24, 2.45) is 17.3 Å². The summed E-state index contributed by atoms with van der Waals surface area (Å²) in [7, 11) is 0. The summed E-state index contributed by atoms with van der Waals surface area (Å²) in [4.78, 5) is 10.7. The number of aliphatic carboxylic acids is 1. The number of carbonyl (C=O) groups is 1. The van der Waals surface area contributed by atoms with Crippen molar-refractivity contribution in [3.63, 3.8) is 0 Å². The molecule has 0 aromatic heterocycles. The van der Waals surface area contributed by atoms with Crippen LogP contribution in [-0.4, -0.2) is 23.7 Å². The average Bonchev–Trinajstić information content (AvgIpc) is 2.79. The molecule has 1 heterocycles. The molecule has 0 bridgehead atoms. The molecule has 0 radical (unpaired) electrons. The average molecular weight is 153 g/mol. The zero-order chi connectivity index (χ0) is 7.64. The van der Waals surface area contributed by atoms with Gasteiger partial charge in [0.1, 0.15) is 6.04 Å². The number of hydrogen-bond donors (Lipinski definition) is 2. The highest BCUT2D eigenvalue weighted by molar-refractivity contribution is 5.76. The van der Waals surface area contributed by atoms with E-state index in [-0.39, 0.29) is 6.04 Å². The summed E-state index contributed by atoms with van der Waals surface area (Å²) in [6.07, 6.45) is 2.57. The van der Waals surface area contributed by atoms with E-state index in [2.05, 4.69) is 5.32 Å². The Morgan fingerprint density at radius 1 is 1.55 bits per heavy atom. The second kappa shape index (κ2) is 1.46. The minimum absolute atomic E-state index is 0.220. The van der Waals surface area contributed by atoms with E-state index >= 15 is 0 Å². The predicted molar refractivity (Wildman–Crippen MR) is 38.1 cm³/mol. The van der Waals surface area contributed by atoms with Gasteiger partial charge in [-0.15, -0.1) is 0 Å². The van der Waals surface area contributed by atoms with E-state index in [1.165, 1.54) is 12.8 Å². The molecule has 2 aliphatic carbocycles. The van der Waals surface area contributed by atoms with E-state index in [0.717, 1.165) is 6.54 Å². The van der Waals surface area contributed by atoms with Crippen molar-refractivity contribution in [1.29, 1.82) is 0 Å². The molecule has 3 aliphatic rings. The standard InChI is InChI=1S/C8H11NO2/c10-7(11)6-5-4(3-9-6)8(5)1-2-8/h4-6,9H,1-3H2,(H,10,11)/t4-,5-,6-/m0/s1. The molecule has 11 heavy (non-hydrogen) atoms. The maximum Gasteiger partial charge on any atom is 0.321 e. The Kier molecular flexibility index (Phi) is 0.796. The van der Waals surface area contributed by atoms with Crippen LogP contribution in [0.3, 0.4) is 0 Å². The van der Waals surface area contributed by atoms with Crippen LogP contribution in [0.15, 0.2) is 0 Å². The van der Waals surface area contributed by atoms with Crippen molar-refractivity contribution in [2.45, 2.75) is 18.9 Å². The molecule has 3 rings (SSSR count). The summed E-state index contributed by atoms with van der Waals surface area (Å²) in [5.41, 5.74) is 0.522. The molecular formula is C8H11NO2. The summed E-state index contributed by atoms with van der Waals surface area (Å²) in [6.45, 7) is 0.946. The predicted octanol–water partition coefficient (Wildman–Crippen LogP) is 0.0690. The van der Waals surface area contributed by atoms with Gasteiger partial charge in [0, 0.05) is 0 Å². The van der Waals surface area contributed by atoms with Crippen LogP contribution in [0.25, 0.3) is 0 Å². The van der Waals surface area contributed by atoms with Gasteiger partial charge >= 0.3 is 5.97 Å². The van der Waals surface area contributed by atoms with Crippen LogP contribution in [0.4, 0.5) is 0 Å². The van der Waals surface area contributed by atoms with Crippen LogP contribution >= 0.6 is 0 Å². The van der Waals surface area contributed by atoms with E-state index in [9.17, 15) is 4.79 Å². The summed E-state index contributed by atoms with van der Waals surface area (Å²) in [5, 5.41) is 11.9. The van der Waals surface area contributed by atoms with Gasteiger partial charge in [-0.1, -0.05) is 0 Å². The van der Waals surface area contributed by atoms with Gasteiger partial charge in [-0.2, -0.15) is 0 Å². The highest BCUT2D eigenvalue weighted by Gasteiger charge is 2.76. The third kappa shape index (κ3) is 0.527. The van der Waals surface area contributed by atoms with Crippen LogP contribution in [0, 0.1) is 17.3 Å². The lowest BCUT2D eigenvalue weighted by molar-refractivity contribution is -0.139. The highest BCUT2D eigenvalue weighted by Crippen LogP contribution is 2.77. The second-order valence-electron chi connectivity index (χ2n) is 4.09. The monoisotopic (exact) mass is 153 g/mol. The van der Waals surface area contributed by atoms with E-state index in [4.69, 9.17) is 5.11 Å². The quantitative estimate of drug-likeness (QED) is 0.560. The number of nitrogens with one attached hydrogen (secondary N) is 1. The van der Waals surface area contributed by atoms with Crippen molar-refractivity contribution >= 4 is 5.97 Å². The largest absolute Gasteiger partial charge is 0.480 e. The Labute approximate surface area is 64.8 Å². The van der Waals surface area contributed by atoms with Crippen molar-refractivity contribution < 1.29 is 9.90 Å². The van der Waals surface area contributed by atoms with E-state index < -0.39 is 5.97 Å². The molecule has 2 N–H and O–H groups in total. The molecule has 3 atom stereocenters. The molecule has 1 saturated heterocycles. The molecule has 0 aromatic rings. The molecule has 3 fully saturated rings. The third-order valence-electron chi connectivity index (χ3n) is 3.74. The van der Waals surface area contributed by atoms with E-state index in [1.54, 1.807) is 0 Å². The second-order valence-corrected chi connectivity index (χ2v) is 4.09. The number of carboxylic acid groups (broad SMARTS) is 1. The summed E-state index contributed by atoms with van der Waals surface area (Å²) in [5.74, 6) is 0.546. The lowest BCUT2D eigenvalue weighted by Crippen LogP contribution is -2.36. The van der Waals surface area contributed by atoms with Gasteiger partial charge < -0.3 is 10.4 Å². The smallest absolute Gasteiger partial charge is 0.321 e. The number of piperidine rings is 1. The van der Waals surface area contributed by atoms with Gasteiger partial charge in [-0.25, -0.2) is 0 Å². The van der Waals surface area contributed by atoms with Gasteiger partial charge in [0.25, 0.3) is 0 Å². The molecule has 1 aliphatic heterocycles. The van der Waals surface area contributed by atoms with Crippen LogP contribution in [0.1, 0.15) is 12.8 Å². The fourth-order valence-corrected chi connectivity index (χ4v) is 2.98. The molecule has 60 valence electrons. The van der Waals surface area contributed by atoms with Crippen molar-refractivity contribution in [1.82, 2.24) is 5.32 Å². The number of carboxylic acids is 1. The Morgan fingerprint density at radius 3 is 2.73 bits per heavy atom. The first kappa shape index (κ1) is 6.00. The molecule has 0 unspecified atom stereocenters. The number of rotatable bonds is 1. The van der Waals surface area contributed by atoms with Crippen molar-refractivity contribution in [2.75, 3.05) is 6.54 Å². The highest BCUT2D eigenvalue weighted by atomic mass is 16.4. The maximum atomic E-state index is 10.7. The molecule has 0 aromatic carbocycles. The summed E-state index contributed by atoms with van der Waals surface area (Å²) < 4.78 is 0. The van der Waals surface area contributed by atoms with Crippen LogP contribution < -0.4 is 5.32 Å². The number of hydrogen-bond acceptors (Lipinski definition) is 2. The van der Waals surface area contributed by atoms with Gasteiger partial charge in [0.15, 0.2) is 0 Å². The normalized spacial score (nSPS) is 48.9. The minimum atomic E-state index is -0.652. The first-order valence-corrected chi connectivity index (χ1v) is 4.22. The zero-order valence-corrected chi connectivity index (χ0v) is 6.21. The Morgan fingerprint density at radius 2 is 2.27 bits per heavy atom. The lowest BCUT2D eigenvalue weighted by atomic mass is 10.1. The maximum absolute atomic E-state index is 10.7. The van der Waals surface area contributed by atoms with Crippen LogP contribution in [-0.2, 0) is 4.79 Å². The molecule has 1 spiro atoms. The Balaban J connectivity index is 1.85. The SMILES string of the molecule is O=C(O)[C@H]1NC[C@H]2[C@@H]1C21CC1. The molecule has 3 heteroatoms. The van der Waals surface area contributed by atoms with Crippen molar-refractivity contribution in [3.8, 4) is 0 Å². The van der Waals surface area contributed by atoms with Crippen LogP contribution in [0.5, 0.6) is 0 Å². The number of fused-ring (bicyclic) bond motifs is 3. The van der Waals surface area contributed by atoms with E-state index in [0.29, 0.717) is 17.3 Å². The Hall–Kier alpha value is -0.570. The first-order chi connectivity index (χ1) is 5.26. The summed E-state index contributed by atoms with van der Waals surface area (Å²) in [6, 6.07) is -0.220.